The number of ether oxygens (including phenoxy) is 1. The Kier molecular flexibility index (Phi) is 7.65. The first kappa shape index (κ1) is 14.6. The van der Waals surface area contributed by atoms with Gasteiger partial charge in [0, 0.05) is 37.7 Å². The van der Waals surface area contributed by atoms with Gasteiger partial charge in [0.1, 0.15) is 18.1 Å². The van der Waals surface area contributed by atoms with Crippen molar-refractivity contribution < 1.29 is 14.3 Å². The first-order valence-corrected chi connectivity index (χ1v) is 4.37. The minimum atomic E-state index is -0.193. The third kappa shape index (κ3) is 6.66. The Balaban J connectivity index is 0.00000196. The second-order valence-corrected chi connectivity index (χ2v) is 3.02. The van der Waals surface area contributed by atoms with Crippen LogP contribution in [0.3, 0.4) is 0 Å². The molecular formula is C11H12CaO3. The van der Waals surface area contributed by atoms with E-state index in [1.807, 2.05) is 18.2 Å². The Morgan fingerprint density at radius 3 is 2.33 bits per heavy atom. The Hall–Kier alpha value is -0.380. The third-order valence-corrected chi connectivity index (χ3v) is 1.59. The molecule has 0 bridgehead atoms. The Bertz CT molecular complexity index is 322. The molecule has 0 aliphatic rings. The molecule has 1 rings (SSSR count). The van der Waals surface area contributed by atoms with Gasteiger partial charge in [-0.05, 0) is 19.1 Å². The Morgan fingerprint density at radius 2 is 1.80 bits per heavy atom. The Labute approximate surface area is 119 Å². The molecule has 0 saturated carbocycles. The molecule has 0 aliphatic carbocycles. The van der Waals surface area contributed by atoms with E-state index < -0.39 is 0 Å². The summed E-state index contributed by atoms with van der Waals surface area (Å²) in [5, 5.41) is 0. The molecule has 0 spiro atoms. The largest absolute Gasteiger partial charge is 0.486 e. The molecule has 4 heteroatoms. The SMILES string of the molecule is CC(=O)CC(=O)COc1ccccc1.[Ca]. The van der Waals surface area contributed by atoms with Crippen LogP contribution in [0.4, 0.5) is 0 Å². The van der Waals surface area contributed by atoms with Gasteiger partial charge in [-0.1, -0.05) is 18.2 Å². The monoisotopic (exact) mass is 232 g/mol. The summed E-state index contributed by atoms with van der Waals surface area (Å²) in [5.74, 6) is 0.317. The molecular weight excluding hydrogens is 220 g/mol. The summed E-state index contributed by atoms with van der Waals surface area (Å²) in [7, 11) is 0. The predicted molar refractivity (Wildman–Crippen MR) is 58.0 cm³/mol. The number of para-hydroxylation sites is 1. The van der Waals surface area contributed by atoms with Crippen LogP contribution in [-0.4, -0.2) is 55.9 Å². The number of ketones is 2. The van der Waals surface area contributed by atoms with Crippen molar-refractivity contribution in [2.75, 3.05) is 6.61 Å². The van der Waals surface area contributed by atoms with Crippen LogP contribution in [0.2, 0.25) is 0 Å². The van der Waals surface area contributed by atoms with E-state index in [9.17, 15) is 9.59 Å². The summed E-state index contributed by atoms with van der Waals surface area (Å²) in [4.78, 5) is 21.7. The van der Waals surface area contributed by atoms with Crippen LogP contribution in [0.5, 0.6) is 5.75 Å². The third-order valence-electron chi connectivity index (χ3n) is 1.59. The predicted octanol–water partition coefficient (Wildman–Crippen LogP) is 1.23. The van der Waals surface area contributed by atoms with Crippen molar-refractivity contribution in [2.24, 2.45) is 0 Å². The fraction of sp³-hybridized carbons (Fsp3) is 0.273. The van der Waals surface area contributed by atoms with Crippen molar-refractivity contribution in [3.05, 3.63) is 30.3 Å². The zero-order valence-electron chi connectivity index (χ0n) is 8.73. The van der Waals surface area contributed by atoms with E-state index in [4.69, 9.17) is 4.74 Å². The minimum absolute atomic E-state index is 0. The number of carbonyl (C=O) groups excluding carboxylic acids is 2. The second kappa shape index (κ2) is 7.85. The molecule has 3 nitrogen and oxygen atoms in total. The molecule has 0 saturated heterocycles. The summed E-state index contributed by atoms with van der Waals surface area (Å²) in [6.45, 7) is 1.35. The molecule has 0 N–H and O–H groups in total. The molecule has 15 heavy (non-hydrogen) atoms. The quantitative estimate of drug-likeness (QED) is 0.566. The van der Waals surface area contributed by atoms with Crippen molar-refractivity contribution in [3.63, 3.8) is 0 Å². The molecule has 2 radical (unpaired) electrons. The van der Waals surface area contributed by atoms with Gasteiger partial charge >= 0.3 is 0 Å². The van der Waals surface area contributed by atoms with Crippen LogP contribution < -0.4 is 4.74 Å². The number of benzene rings is 1. The van der Waals surface area contributed by atoms with Gasteiger partial charge < -0.3 is 4.74 Å². The minimum Gasteiger partial charge on any atom is -0.486 e. The summed E-state index contributed by atoms with van der Waals surface area (Å²) in [6, 6.07) is 9.04. The van der Waals surface area contributed by atoms with Crippen molar-refractivity contribution in [3.8, 4) is 5.75 Å². The normalized spacial score (nSPS) is 8.87. The molecule has 0 amide bonds. The molecule has 0 unspecified atom stereocenters. The molecule has 76 valence electrons. The van der Waals surface area contributed by atoms with Crippen LogP contribution in [-0.2, 0) is 9.59 Å². The van der Waals surface area contributed by atoms with Crippen LogP contribution in [0.25, 0.3) is 0 Å². The summed E-state index contributed by atoms with van der Waals surface area (Å²) in [6.07, 6.45) is -0.0488. The van der Waals surface area contributed by atoms with Gasteiger partial charge in [0.2, 0.25) is 0 Å². The molecule has 1 aromatic rings. The van der Waals surface area contributed by atoms with E-state index in [1.165, 1.54) is 6.92 Å². The van der Waals surface area contributed by atoms with Crippen LogP contribution in [0.15, 0.2) is 30.3 Å². The first-order chi connectivity index (χ1) is 6.68. The van der Waals surface area contributed by atoms with Crippen molar-refractivity contribution in [1.82, 2.24) is 0 Å². The van der Waals surface area contributed by atoms with Gasteiger partial charge in [0.15, 0.2) is 5.78 Å². The second-order valence-electron chi connectivity index (χ2n) is 3.02. The number of rotatable bonds is 5. The van der Waals surface area contributed by atoms with E-state index in [0.717, 1.165) is 0 Å². The van der Waals surface area contributed by atoms with Gasteiger partial charge in [-0.25, -0.2) is 0 Å². The first-order valence-electron chi connectivity index (χ1n) is 4.37. The van der Waals surface area contributed by atoms with Gasteiger partial charge in [-0.15, -0.1) is 0 Å². The van der Waals surface area contributed by atoms with Crippen LogP contribution >= 0.6 is 0 Å². The topological polar surface area (TPSA) is 43.4 Å². The Morgan fingerprint density at radius 1 is 1.20 bits per heavy atom. The maximum Gasteiger partial charge on any atom is 0.177 e. The average Bonchev–Trinajstić information content (AvgIpc) is 2.15. The zero-order valence-corrected chi connectivity index (χ0v) is 10.9. The maximum absolute atomic E-state index is 11.1. The number of hydrogen-bond donors (Lipinski definition) is 0. The van der Waals surface area contributed by atoms with Gasteiger partial charge in [-0.3, -0.25) is 9.59 Å². The number of Topliss-reactive ketones (excluding diaryl/α,β-unsaturated/α-hetero) is 2. The van der Waals surface area contributed by atoms with E-state index >= 15 is 0 Å². The van der Waals surface area contributed by atoms with Gasteiger partial charge in [0.05, 0.1) is 6.42 Å². The van der Waals surface area contributed by atoms with E-state index in [1.54, 1.807) is 12.1 Å². The fourth-order valence-corrected chi connectivity index (χ4v) is 1.01. The standard InChI is InChI=1S/C11H12O3.Ca/c1-9(12)7-10(13)8-14-11-5-3-2-4-6-11;/h2-6H,7-8H2,1H3;. The van der Waals surface area contributed by atoms with Gasteiger partial charge in [0.25, 0.3) is 0 Å². The molecule has 0 heterocycles. The molecule has 0 aliphatic heterocycles. The smallest absolute Gasteiger partial charge is 0.177 e. The fourth-order valence-electron chi connectivity index (χ4n) is 1.01. The van der Waals surface area contributed by atoms with Gasteiger partial charge in [-0.2, -0.15) is 0 Å². The van der Waals surface area contributed by atoms with Crippen molar-refractivity contribution in [2.45, 2.75) is 13.3 Å². The molecule has 0 atom stereocenters. The van der Waals surface area contributed by atoms with E-state index in [0.29, 0.717) is 5.75 Å². The number of carbonyl (C=O) groups is 2. The average molecular weight is 232 g/mol. The maximum atomic E-state index is 11.1. The number of hydrogen-bond acceptors (Lipinski definition) is 3. The molecule has 1 aromatic carbocycles. The van der Waals surface area contributed by atoms with Crippen molar-refractivity contribution >= 4 is 49.3 Å². The zero-order chi connectivity index (χ0) is 10.4. The molecule has 0 aromatic heterocycles. The van der Waals surface area contributed by atoms with Crippen LogP contribution in [0, 0.1) is 0 Å². The summed E-state index contributed by atoms with van der Waals surface area (Å²) in [5.41, 5.74) is 0. The van der Waals surface area contributed by atoms with E-state index in [-0.39, 0.29) is 62.3 Å². The summed E-state index contributed by atoms with van der Waals surface area (Å²) < 4.78 is 5.17. The summed E-state index contributed by atoms with van der Waals surface area (Å²) >= 11 is 0. The van der Waals surface area contributed by atoms with Crippen molar-refractivity contribution in [1.29, 1.82) is 0 Å². The molecule has 0 fully saturated rings. The van der Waals surface area contributed by atoms with E-state index in [2.05, 4.69) is 0 Å². The van der Waals surface area contributed by atoms with Crippen LogP contribution in [0.1, 0.15) is 13.3 Å².